The van der Waals surface area contributed by atoms with Crippen molar-refractivity contribution in [1.29, 1.82) is 0 Å². The number of rotatable bonds is 1. The summed E-state index contributed by atoms with van der Waals surface area (Å²) >= 11 is 0. The molecule has 0 amide bonds. The molecule has 0 heterocycles. The number of ether oxygens (including phenoxy) is 1. The summed E-state index contributed by atoms with van der Waals surface area (Å²) in [5.41, 5.74) is -0.242. The van der Waals surface area contributed by atoms with Gasteiger partial charge in [0.05, 0.1) is 11.5 Å². The maximum absolute atomic E-state index is 11.2. The van der Waals surface area contributed by atoms with E-state index >= 15 is 0 Å². The molecule has 1 fully saturated rings. The first-order valence-electron chi connectivity index (χ1n) is 3.59. The minimum Gasteiger partial charge on any atom is -0.380 e. The molecule has 0 saturated heterocycles. The van der Waals surface area contributed by atoms with E-state index in [2.05, 4.69) is 0 Å². The van der Waals surface area contributed by atoms with Crippen LogP contribution >= 0.6 is 0 Å². The SMILES string of the molecule is CO[C@@H]1[C@H](C)C(=O)C1(C)C. The Balaban J connectivity index is 2.71. The number of carbonyl (C=O) groups is 1. The first kappa shape index (κ1) is 7.73. The van der Waals surface area contributed by atoms with Gasteiger partial charge in [-0.15, -0.1) is 0 Å². The fourth-order valence-corrected chi connectivity index (χ4v) is 1.89. The predicted molar refractivity (Wildman–Crippen MR) is 38.7 cm³/mol. The Morgan fingerprint density at radius 3 is 2.20 bits per heavy atom. The molecule has 2 nitrogen and oxygen atoms in total. The van der Waals surface area contributed by atoms with Crippen LogP contribution in [0, 0.1) is 11.3 Å². The van der Waals surface area contributed by atoms with Gasteiger partial charge in [-0.1, -0.05) is 20.8 Å². The van der Waals surface area contributed by atoms with Crippen molar-refractivity contribution in [3.05, 3.63) is 0 Å². The highest BCUT2D eigenvalue weighted by atomic mass is 16.5. The summed E-state index contributed by atoms with van der Waals surface area (Å²) in [6, 6.07) is 0. The average Bonchev–Trinajstić information content (AvgIpc) is 1.88. The second-order valence-electron chi connectivity index (χ2n) is 3.53. The molecule has 2 atom stereocenters. The highest BCUT2D eigenvalue weighted by molar-refractivity contribution is 5.93. The Morgan fingerprint density at radius 2 is 2.00 bits per heavy atom. The number of hydrogen-bond donors (Lipinski definition) is 0. The molecule has 1 rings (SSSR count). The molecule has 2 heteroatoms. The Hall–Kier alpha value is -0.370. The largest absolute Gasteiger partial charge is 0.380 e. The van der Waals surface area contributed by atoms with E-state index in [1.807, 2.05) is 20.8 Å². The van der Waals surface area contributed by atoms with Crippen molar-refractivity contribution in [3.63, 3.8) is 0 Å². The Bertz CT molecular complexity index is 161. The third kappa shape index (κ3) is 0.717. The lowest BCUT2D eigenvalue weighted by molar-refractivity contribution is -0.167. The Kier molecular flexibility index (Phi) is 1.59. The molecule has 0 spiro atoms. The lowest BCUT2D eigenvalue weighted by atomic mass is 9.61. The summed E-state index contributed by atoms with van der Waals surface area (Å²) < 4.78 is 5.16. The molecule has 0 unspecified atom stereocenters. The standard InChI is InChI=1S/C8H14O2/c1-5-6(9)8(2,3)7(5)10-4/h5,7H,1-4H3/t5-,7-/m1/s1. The maximum atomic E-state index is 11.2. The first-order valence-corrected chi connectivity index (χ1v) is 3.59. The van der Waals surface area contributed by atoms with Gasteiger partial charge < -0.3 is 4.74 Å². The summed E-state index contributed by atoms with van der Waals surface area (Å²) in [7, 11) is 1.66. The van der Waals surface area contributed by atoms with Gasteiger partial charge in [0.15, 0.2) is 0 Å². The topological polar surface area (TPSA) is 26.3 Å². The van der Waals surface area contributed by atoms with Crippen LogP contribution in [0.1, 0.15) is 20.8 Å². The van der Waals surface area contributed by atoms with Crippen molar-refractivity contribution in [3.8, 4) is 0 Å². The van der Waals surface area contributed by atoms with Crippen molar-refractivity contribution in [2.45, 2.75) is 26.9 Å². The van der Waals surface area contributed by atoms with E-state index in [1.165, 1.54) is 0 Å². The second-order valence-corrected chi connectivity index (χ2v) is 3.53. The molecular formula is C8H14O2. The molecule has 0 bridgehead atoms. The zero-order chi connectivity index (χ0) is 7.94. The van der Waals surface area contributed by atoms with Crippen LogP contribution in [0.5, 0.6) is 0 Å². The summed E-state index contributed by atoms with van der Waals surface area (Å²) in [6.45, 7) is 5.79. The zero-order valence-corrected chi connectivity index (χ0v) is 6.97. The molecule has 0 N–H and O–H groups in total. The maximum Gasteiger partial charge on any atom is 0.146 e. The van der Waals surface area contributed by atoms with Crippen molar-refractivity contribution in [2.75, 3.05) is 7.11 Å². The van der Waals surface area contributed by atoms with E-state index in [4.69, 9.17) is 4.74 Å². The smallest absolute Gasteiger partial charge is 0.146 e. The fourth-order valence-electron chi connectivity index (χ4n) is 1.89. The number of methoxy groups -OCH3 is 1. The minimum atomic E-state index is -0.242. The quantitative estimate of drug-likeness (QED) is 0.550. The molecule has 0 aromatic rings. The molecule has 0 aromatic heterocycles. The highest BCUT2D eigenvalue weighted by Gasteiger charge is 2.53. The number of Topliss-reactive ketones (excluding diaryl/α,β-unsaturated/α-hetero) is 1. The van der Waals surface area contributed by atoms with Crippen molar-refractivity contribution >= 4 is 5.78 Å². The van der Waals surface area contributed by atoms with E-state index in [-0.39, 0.29) is 17.4 Å². The van der Waals surface area contributed by atoms with Crippen LogP contribution in [-0.4, -0.2) is 19.0 Å². The van der Waals surface area contributed by atoms with Gasteiger partial charge in [-0.25, -0.2) is 0 Å². The van der Waals surface area contributed by atoms with Crippen molar-refractivity contribution in [2.24, 2.45) is 11.3 Å². The lowest BCUT2D eigenvalue weighted by Crippen LogP contribution is -2.58. The molecule has 0 aliphatic heterocycles. The third-order valence-electron chi connectivity index (χ3n) is 2.47. The molecule has 0 radical (unpaired) electrons. The van der Waals surface area contributed by atoms with E-state index < -0.39 is 0 Å². The third-order valence-corrected chi connectivity index (χ3v) is 2.47. The summed E-state index contributed by atoms with van der Waals surface area (Å²) in [6.07, 6.45) is 0.125. The van der Waals surface area contributed by atoms with E-state index in [9.17, 15) is 4.79 Å². The molecule has 58 valence electrons. The van der Waals surface area contributed by atoms with Gasteiger partial charge in [0.1, 0.15) is 5.78 Å². The van der Waals surface area contributed by atoms with Crippen LogP contribution in [0.15, 0.2) is 0 Å². The van der Waals surface area contributed by atoms with Gasteiger partial charge in [0.25, 0.3) is 0 Å². The fraction of sp³-hybridized carbons (Fsp3) is 0.875. The normalized spacial score (nSPS) is 37.4. The lowest BCUT2D eigenvalue weighted by Gasteiger charge is -2.46. The predicted octanol–water partition coefficient (Wildman–Crippen LogP) is 1.25. The number of hydrogen-bond acceptors (Lipinski definition) is 2. The van der Waals surface area contributed by atoms with Crippen LogP contribution in [0.3, 0.4) is 0 Å². The molecule has 10 heavy (non-hydrogen) atoms. The van der Waals surface area contributed by atoms with Gasteiger partial charge >= 0.3 is 0 Å². The highest BCUT2D eigenvalue weighted by Crippen LogP contribution is 2.42. The number of ketones is 1. The van der Waals surface area contributed by atoms with Crippen LogP contribution in [0.2, 0.25) is 0 Å². The molecular weight excluding hydrogens is 128 g/mol. The molecule has 1 saturated carbocycles. The summed E-state index contributed by atoms with van der Waals surface area (Å²) in [4.78, 5) is 11.2. The van der Waals surface area contributed by atoms with Crippen molar-refractivity contribution in [1.82, 2.24) is 0 Å². The molecule has 1 aliphatic carbocycles. The second kappa shape index (κ2) is 2.06. The van der Waals surface area contributed by atoms with Gasteiger partial charge in [-0.3, -0.25) is 4.79 Å². The van der Waals surface area contributed by atoms with E-state index in [1.54, 1.807) is 7.11 Å². The van der Waals surface area contributed by atoms with E-state index in [0.717, 1.165) is 0 Å². The molecule has 0 aromatic carbocycles. The van der Waals surface area contributed by atoms with Gasteiger partial charge in [-0.05, 0) is 0 Å². The van der Waals surface area contributed by atoms with Gasteiger partial charge in [0.2, 0.25) is 0 Å². The Labute approximate surface area is 61.6 Å². The van der Waals surface area contributed by atoms with Crippen molar-refractivity contribution < 1.29 is 9.53 Å². The monoisotopic (exact) mass is 142 g/mol. The number of carbonyl (C=O) groups excluding carboxylic acids is 1. The molecule has 1 aliphatic rings. The van der Waals surface area contributed by atoms with E-state index in [0.29, 0.717) is 5.78 Å². The summed E-state index contributed by atoms with van der Waals surface area (Å²) in [5, 5.41) is 0. The first-order chi connectivity index (χ1) is 4.51. The average molecular weight is 142 g/mol. The van der Waals surface area contributed by atoms with Crippen LogP contribution in [0.25, 0.3) is 0 Å². The summed E-state index contributed by atoms with van der Waals surface area (Å²) in [5.74, 6) is 0.416. The van der Waals surface area contributed by atoms with Gasteiger partial charge in [-0.2, -0.15) is 0 Å². The van der Waals surface area contributed by atoms with Crippen LogP contribution in [-0.2, 0) is 9.53 Å². The Morgan fingerprint density at radius 1 is 1.50 bits per heavy atom. The minimum absolute atomic E-state index is 0.0972. The van der Waals surface area contributed by atoms with Crippen LogP contribution in [0.4, 0.5) is 0 Å². The van der Waals surface area contributed by atoms with Crippen LogP contribution < -0.4 is 0 Å². The zero-order valence-electron chi connectivity index (χ0n) is 6.97. The van der Waals surface area contributed by atoms with Gasteiger partial charge in [0, 0.05) is 13.0 Å².